The highest BCUT2D eigenvalue weighted by molar-refractivity contribution is 5.92. The highest BCUT2D eigenvalue weighted by Gasteiger charge is 2.34. The molecule has 7 nitrogen and oxygen atoms in total. The largest absolute Gasteiger partial charge is 0.444 e. The van der Waals surface area contributed by atoms with Gasteiger partial charge >= 0.3 is 6.09 Å². The van der Waals surface area contributed by atoms with Crippen LogP contribution >= 0.6 is 0 Å². The lowest BCUT2D eigenvalue weighted by atomic mass is 9.97. The summed E-state index contributed by atoms with van der Waals surface area (Å²) >= 11 is 0. The third kappa shape index (κ3) is 9.44. The Morgan fingerprint density at radius 2 is 1.73 bits per heavy atom. The first kappa shape index (κ1) is 28.5. The first-order valence-electron chi connectivity index (χ1n) is 11.9. The summed E-state index contributed by atoms with van der Waals surface area (Å²) in [5.74, 6) is -0.410. The van der Waals surface area contributed by atoms with Crippen molar-refractivity contribution in [3.8, 4) is 0 Å². The number of carbonyl (C=O) groups is 3. The molecule has 2 N–H and O–H groups in total. The van der Waals surface area contributed by atoms with Crippen molar-refractivity contribution in [2.45, 2.75) is 92.3 Å². The molecule has 33 heavy (non-hydrogen) atoms. The van der Waals surface area contributed by atoms with E-state index in [9.17, 15) is 14.4 Å². The minimum atomic E-state index is -0.803. The van der Waals surface area contributed by atoms with Crippen LogP contribution in [0.25, 0.3) is 0 Å². The molecular formula is C26H43N3O4. The summed E-state index contributed by atoms with van der Waals surface area (Å²) in [7, 11) is 1.62. The number of benzene rings is 1. The van der Waals surface area contributed by atoms with E-state index in [1.54, 1.807) is 27.8 Å². The molecule has 0 spiro atoms. The van der Waals surface area contributed by atoms with Crippen molar-refractivity contribution in [3.63, 3.8) is 0 Å². The second-order valence-electron chi connectivity index (χ2n) is 10.2. The van der Waals surface area contributed by atoms with Crippen molar-refractivity contribution < 1.29 is 19.1 Å². The number of amides is 3. The standard InChI is InChI=1S/C26H43N3O4/c1-10-11-14-27-23(30)22(20-13-12-18(4)19(5)16-20)29(9)24(31)21(15-17(2)3)28-25(32)33-26(6,7)8/h12-13,16-17,21-22H,10-11,14-15H2,1-9H3,(H,27,30)(H,28,32). The van der Waals surface area contributed by atoms with Gasteiger partial charge in [-0.15, -0.1) is 0 Å². The van der Waals surface area contributed by atoms with Crippen molar-refractivity contribution in [3.05, 3.63) is 34.9 Å². The predicted molar refractivity (Wildman–Crippen MR) is 132 cm³/mol. The minimum Gasteiger partial charge on any atom is -0.444 e. The van der Waals surface area contributed by atoms with Crippen molar-refractivity contribution >= 4 is 17.9 Å². The van der Waals surface area contributed by atoms with E-state index in [1.807, 2.05) is 45.9 Å². The van der Waals surface area contributed by atoms with Crippen molar-refractivity contribution in [1.82, 2.24) is 15.5 Å². The maximum absolute atomic E-state index is 13.6. The summed E-state index contributed by atoms with van der Waals surface area (Å²) < 4.78 is 5.37. The Bertz CT molecular complexity index is 814. The number of aryl methyl sites for hydroxylation is 2. The Labute approximate surface area is 199 Å². The molecule has 0 fully saturated rings. The molecule has 0 aliphatic carbocycles. The molecule has 1 rings (SSSR count). The molecule has 0 aliphatic heterocycles. The molecule has 1 aromatic rings. The number of nitrogens with zero attached hydrogens (tertiary/aromatic N) is 1. The van der Waals surface area contributed by atoms with Gasteiger partial charge in [-0.25, -0.2) is 4.79 Å². The van der Waals surface area contributed by atoms with Gasteiger partial charge in [0, 0.05) is 13.6 Å². The van der Waals surface area contributed by atoms with Crippen LogP contribution in [0.4, 0.5) is 4.79 Å². The molecule has 0 aliphatic rings. The van der Waals surface area contributed by atoms with Gasteiger partial charge in [0.1, 0.15) is 17.7 Å². The van der Waals surface area contributed by atoms with Crippen LogP contribution < -0.4 is 10.6 Å². The maximum Gasteiger partial charge on any atom is 0.408 e. The SMILES string of the molecule is CCCCNC(=O)C(c1ccc(C)c(C)c1)N(C)C(=O)C(CC(C)C)NC(=O)OC(C)(C)C. The summed E-state index contributed by atoms with van der Waals surface area (Å²) in [5.41, 5.74) is 2.22. The smallest absolute Gasteiger partial charge is 0.408 e. The summed E-state index contributed by atoms with van der Waals surface area (Å²) in [4.78, 5) is 40.6. The molecule has 7 heteroatoms. The molecule has 2 atom stereocenters. The monoisotopic (exact) mass is 461 g/mol. The van der Waals surface area contributed by atoms with Crippen LogP contribution in [0.2, 0.25) is 0 Å². The van der Waals surface area contributed by atoms with E-state index in [2.05, 4.69) is 17.6 Å². The lowest BCUT2D eigenvalue weighted by molar-refractivity contribution is -0.141. The van der Waals surface area contributed by atoms with E-state index in [0.29, 0.717) is 13.0 Å². The van der Waals surface area contributed by atoms with Gasteiger partial charge in [-0.3, -0.25) is 9.59 Å². The number of unbranched alkanes of at least 4 members (excludes halogenated alkanes) is 1. The van der Waals surface area contributed by atoms with Gasteiger partial charge in [0.25, 0.3) is 0 Å². The Morgan fingerprint density at radius 1 is 1.09 bits per heavy atom. The lowest BCUT2D eigenvalue weighted by Crippen LogP contribution is -2.52. The maximum atomic E-state index is 13.6. The molecule has 0 aromatic heterocycles. The topological polar surface area (TPSA) is 87.7 Å². The van der Waals surface area contributed by atoms with Crippen molar-refractivity contribution in [2.75, 3.05) is 13.6 Å². The van der Waals surface area contributed by atoms with E-state index in [4.69, 9.17) is 4.74 Å². The molecule has 3 amide bonds. The first-order valence-corrected chi connectivity index (χ1v) is 11.9. The summed E-state index contributed by atoms with van der Waals surface area (Å²) in [6, 6.07) is 4.18. The van der Waals surface area contributed by atoms with Gasteiger partial charge in [0.05, 0.1) is 0 Å². The van der Waals surface area contributed by atoms with E-state index < -0.39 is 23.8 Å². The molecule has 0 bridgehead atoms. The number of nitrogens with one attached hydrogen (secondary N) is 2. The van der Waals surface area contributed by atoms with Crippen molar-refractivity contribution in [1.29, 1.82) is 0 Å². The molecule has 0 heterocycles. The fourth-order valence-electron chi connectivity index (χ4n) is 3.49. The number of ether oxygens (including phenoxy) is 1. The molecule has 0 radical (unpaired) electrons. The minimum absolute atomic E-state index is 0.153. The van der Waals surface area contributed by atoms with Gasteiger partial charge in [0.15, 0.2) is 0 Å². The van der Waals surface area contributed by atoms with Gasteiger partial charge in [-0.2, -0.15) is 0 Å². The predicted octanol–water partition coefficient (Wildman–Crippen LogP) is 4.66. The van der Waals surface area contributed by atoms with Crippen LogP contribution in [0.1, 0.15) is 83.5 Å². The molecule has 0 saturated carbocycles. The fraction of sp³-hybridized carbons (Fsp3) is 0.654. The molecule has 0 saturated heterocycles. The van der Waals surface area contributed by atoms with Crippen LogP contribution in [0.15, 0.2) is 18.2 Å². The quantitative estimate of drug-likeness (QED) is 0.496. The number of carbonyl (C=O) groups excluding carboxylic acids is 3. The Hall–Kier alpha value is -2.57. The zero-order valence-corrected chi connectivity index (χ0v) is 21.9. The number of hydrogen-bond acceptors (Lipinski definition) is 4. The highest BCUT2D eigenvalue weighted by atomic mass is 16.6. The van der Waals surface area contributed by atoms with Gasteiger partial charge in [-0.1, -0.05) is 45.4 Å². The molecular weight excluding hydrogens is 418 g/mol. The summed E-state index contributed by atoms with van der Waals surface area (Å²) in [6.07, 6.45) is 1.60. The number of rotatable bonds is 10. The van der Waals surface area contributed by atoms with Crippen LogP contribution in [0.5, 0.6) is 0 Å². The third-order valence-corrected chi connectivity index (χ3v) is 5.36. The van der Waals surface area contributed by atoms with E-state index in [1.165, 1.54) is 4.90 Å². The normalized spacial score (nSPS) is 13.3. The fourth-order valence-corrected chi connectivity index (χ4v) is 3.49. The van der Waals surface area contributed by atoms with Crippen LogP contribution in [-0.2, 0) is 14.3 Å². The molecule has 2 unspecified atom stereocenters. The second kappa shape index (κ2) is 12.6. The van der Waals surface area contributed by atoms with Gasteiger partial charge in [-0.05, 0) is 70.1 Å². The van der Waals surface area contributed by atoms with Crippen LogP contribution in [0.3, 0.4) is 0 Å². The van der Waals surface area contributed by atoms with Crippen molar-refractivity contribution in [2.24, 2.45) is 5.92 Å². The van der Waals surface area contributed by atoms with E-state index in [0.717, 1.165) is 29.5 Å². The van der Waals surface area contributed by atoms with Gasteiger partial charge in [0.2, 0.25) is 11.8 Å². The highest BCUT2D eigenvalue weighted by Crippen LogP contribution is 2.24. The zero-order chi connectivity index (χ0) is 25.3. The summed E-state index contributed by atoms with van der Waals surface area (Å²) in [6.45, 7) is 15.9. The van der Waals surface area contributed by atoms with Gasteiger partial charge < -0.3 is 20.3 Å². The van der Waals surface area contributed by atoms with Crippen LogP contribution in [-0.4, -0.2) is 48.0 Å². The average molecular weight is 462 g/mol. The lowest BCUT2D eigenvalue weighted by Gasteiger charge is -2.32. The van der Waals surface area contributed by atoms with E-state index >= 15 is 0 Å². The Morgan fingerprint density at radius 3 is 2.24 bits per heavy atom. The average Bonchev–Trinajstić information content (AvgIpc) is 2.68. The first-order chi connectivity index (χ1) is 15.3. The number of likely N-dealkylation sites (N-methyl/N-ethyl adjacent to an activating group) is 1. The Balaban J connectivity index is 3.24. The third-order valence-electron chi connectivity index (χ3n) is 5.36. The zero-order valence-electron chi connectivity index (χ0n) is 21.9. The number of alkyl carbamates (subject to hydrolysis) is 1. The molecule has 186 valence electrons. The summed E-state index contributed by atoms with van der Waals surface area (Å²) in [5, 5.41) is 5.68. The van der Waals surface area contributed by atoms with Crippen LogP contribution in [0, 0.1) is 19.8 Å². The molecule has 1 aromatic carbocycles. The second-order valence-corrected chi connectivity index (χ2v) is 10.2. The Kier molecular flexibility index (Phi) is 10.9. The van der Waals surface area contributed by atoms with E-state index in [-0.39, 0.29) is 17.7 Å². The number of hydrogen-bond donors (Lipinski definition) is 2.